The molecule has 0 spiro atoms. The van der Waals surface area contributed by atoms with Crippen LogP contribution in [-0.4, -0.2) is 6.79 Å². The predicted molar refractivity (Wildman–Crippen MR) is 80.5 cm³/mol. The molecule has 2 aromatic carbocycles. The van der Waals surface area contributed by atoms with E-state index in [1.165, 1.54) is 16.7 Å². The molecule has 3 nitrogen and oxygen atoms in total. The van der Waals surface area contributed by atoms with E-state index in [0.717, 1.165) is 17.2 Å². The van der Waals surface area contributed by atoms with Crippen molar-refractivity contribution in [2.45, 2.75) is 26.8 Å². The lowest BCUT2D eigenvalue weighted by molar-refractivity contribution is 0.174. The summed E-state index contributed by atoms with van der Waals surface area (Å²) in [5.74, 6) is 1.66. The van der Waals surface area contributed by atoms with Crippen LogP contribution in [0.3, 0.4) is 0 Å². The molecule has 2 aromatic rings. The van der Waals surface area contributed by atoms with Gasteiger partial charge in [-0.25, -0.2) is 0 Å². The van der Waals surface area contributed by atoms with Crippen LogP contribution in [0.1, 0.15) is 29.7 Å². The smallest absolute Gasteiger partial charge is 0.231 e. The highest BCUT2D eigenvalue weighted by Gasteiger charge is 2.15. The molecule has 1 aliphatic heterocycles. The predicted octanol–water partition coefficient (Wildman–Crippen LogP) is 4.21. The van der Waals surface area contributed by atoms with Gasteiger partial charge in [-0.3, -0.25) is 0 Å². The minimum atomic E-state index is 0.214. The second-order valence-corrected chi connectivity index (χ2v) is 5.28. The molecule has 0 amide bonds. The Kier molecular flexibility index (Phi) is 3.26. The van der Waals surface area contributed by atoms with Crippen molar-refractivity contribution < 1.29 is 9.47 Å². The molecule has 104 valence electrons. The molecular weight excluding hydrogens is 250 g/mol. The van der Waals surface area contributed by atoms with Crippen molar-refractivity contribution in [3.05, 3.63) is 53.1 Å². The minimum Gasteiger partial charge on any atom is -0.454 e. The lowest BCUT2D eigenvalue weighted by Gasteiger charge is -2.17. The zero-order valence-electron chi connectivity index (χ0n) is 12.1. The van der Waals surface area contributed by atoms with E-state index >= 15 is 0 Å². The van der Waals surface area contributed by atoms with Gasteiger partial charge in [0.1, 0.15) is 0 Å². The highest BCUT2D eigenvalue weighted by molar-refractivity contribution is 5.51. The number of anilines is 1. The van der Waals surface area contributed by atoms with Crippen LogP contribution in [0.4, 0.5) is 5.69 Å². The molecule has 0 aromatic heterocycles. The van der Waals surface area contributed by atoms with Crippen molar-refractivity contribution in [2.24, 2.45) is 0 Å². The Balaban J connectivity index is 1.78. The Morgan fingerprint density at radius 3 is 2.55 bits per heavy atom. The van der Waals surface area contributed by atoms with Gasteiger partial charge in [-0.15, -0.1) is 0 Å². The van der Waals surface area contributed by atoms with E-state index < -0.39 is 0 Å². The van der Waals surface area contributed by atoms with Gasteiger partial charge in [0.2, 0.25) is 6.79 Å². The van der Waals surface area contributed by atoms with E-state index in [9.17, 15) is 0 Å². The largest absolute Gasteiger partial charge is 0.454 e. The van der Waals surface area contributed by atoms with Crippen molar-refractivity contribution in [2.75, 3.05) is 12.1 Å². The maximum Gasteiger partial charge on any atom is 0.231 e. The second kappa shape index (κ2) is 5.08. The fourth-order valence-corrected chi connectivity index (χ4v) is 2.35. The first kappa shape index (κ1) is 12.9. The Morgan fingerprint density at radius 2 is 1.75 bits per heavy atom. The lowest BCUT2D eigenvalue weighted by atomic mass is 10.1. The second-order valence-electron chi connectivity index (χ2n) is 5.28. The zero-order chi connectivity index (χ0) is 14.1. The molecule has 3 heteroatoms. The fraction of sp³-hybridized carbons (Fsp3) is 0.294. The van der Waals surface area contributed by atoms with Gasteiger partial charge < -0.3 is 14.8 Å². The van der Waals surface area contributed by atoms with Gasteiger partial charge in [-0.05, 0) is 61.7 Å². The van der Waals surface area contributed by atoms with E-state index in [-0.39, 0.29) is 6.04 Å². The van der Waals surface area contributed by atoms with Crippen LogP contribution < -0.4 is 14.8 Å². The number of benzene rings is 2. The summed E-state index contributed by atoms with van der Waals surface area (Å²) in [5.41, 5.74) is 4.94. The summed E-state index contributed by atoms with van der Waals surface area (Å²) in [6, 6.07) is 12.7. The van der Waals surface area contributed by atoms with Crippen LogP contribution in [0.25, 0.3) is 0 Å². The molecule has 0 aliphatic carbocycles. The van der Waals surface area contributed by atoms with Crippen molar-refractivity contribution in [1.29, 1.82) is 0 Å². The van der Waals surface area contributed by atoms with Gasteiger partial charge in [0, 0.05) is 11.7 Å². The third-order valence-corrected chi connectivity index (χ3v) is 3.79. The maximum absolute atomic E-state index is 5.42. The van der Waals surface area contributed by atoms with Gasteiger partial charge in [0.15, 0.2) is 11.5 Å². The number of fused-ring (bicyclic) bond motifs is 1. The van der Waals surface area contributed by atoms with Crippen LogP contribution in [0.2, 0.25) is 0 Å². The molecule has 20 heavy (non-hydrogen) atoms. The Morgan fingerprint density at radius 1 is 0.950 bits per heavy atom. The number of aryl methyl sites for hydroxylation is 2. The van der Waals surface area contributed by atoms with Gasteiger partial charge >= 0.3 is 0 Å². The van der Waals surface area contributed by atoms with Crippen molar-refractivity contribution in [3.63, 3.8) is 0 Å². The SMILES string of the molecule is Cc1ccc(NC(C)c2ccc3c(c2)OCO3)cc1C. The highest BCUT2D eigenvalue weighted by Crippen LogP contribution is 2.34. The standard InChI is InChI=1S/C17H19NO2/c1-11-4-6-15(8-12(11)2)18-13(3)14-5-7-16-17(9-14)20-10-19-16/h4-9,13,18H,10H2,1-3H3. The molecule has 1 unspecified atom stereocenters. The summed E-state index contributed by atoms with van der Waals surface area (Å²) in [7, 11) is 0. The average molecular weight is 269 g/mol. The Bertz CT molecular complexity index is 637. The number of ether oxygens (including phenoxy) is 2. The summed E-state index contributed by atoms with van der Waals surface area (Å²) >= 11 is 0. The first-order valence-corrected chi connectivity index (χ1v) is 6.87. The van der Waals surface area contributed by atoms with E-state index in [1.54, 1.807) is 0 Å². The third-order valence-electron chi connectivity index (χ3n) is 3.79. The molecule has 3 rings (SSSR count). The number of nitrogens with one attached hydrogen (secondary N) is 1. The summed E-state index contributed by atoms with van der Waals surface area (Å²) in [6.07, 6.45) is 0. The van der Waals surface area contributed by atoms with E-state index in [1.807, 2.05) is 12.1 Å². The average Bonchev–Trinajstić information content (AvgIpc) is 2.90. The number of hydrogen-bond donors (Lipinski definition) is 1. The molecule has 1 atom stereocenters. The third kappa shape index (κ3) is 2.44. The van der Waals surface area contributed by atoms with E-state index in [4.69, 9.17) is 9.47 Å². The Labute approximate surface area is 119 Å². The van der Waals surface area contributed by atoms with Gasteiger partial charge in [0.05, 0.1) is 0 Å². The topological polar surface area (TPSA) is 30.5 Å². The minimum absolute atomic E-state index is 0.214. The summed E-state index contributed by atoms with van der Waals surface area (Å²) in [4.78, 5) is 0. The first-order valence-electron chi connectivity index (χ1n) is 6.87. The molecule has 0 bridgehead atoms. The van der Waals surface area contributed by atoms with Gasteiger partial charge in [-0.1, -0.05) is 12.1 Å². The van der Waals surface area contributed by atoms with Crippen molar-refractivity contribution >= 4 is 5.69 Å². The summed E-state index contributed by atoms with van der Waals surface area (Å²) in [6.45, 7) is 6.72. The fourth-order valence-electron chi connectivity index (χ4n) is 2.35. The molecule has 0 radical (unpaired) electrons. The lowest BCUT2D eigenvalue weighted by Crippen LogP contribution is -2.06. The first-order chi connectivity index (χ1) is 9.63. The van der Waals surface area contributed by atoms with Crippen LogP contribution >= 0.6 is 0 Å². The molecule has 0 fully saturated rings. The normalized spacial score (nSPS) is 14.2. The molecule has 1 N–H and O–H groups in total. The summed E-state index contributed by atoms with van der Waals surface area (Å²) < 4.78 is 10.8. The van der Waals surface area contributed by atoms with Crippen LogP contribution in [0.15, 0.2) is 36.4 Å². The quantitative estimate of drug-likeness (QED) is 0.905. The van der Waals surface area contributed by atoms with E-state index in [2.05, 4.69) is 50.4 Å². The maximum atomic E-state index is 5.42. The van der Waals surface area contributed by atoms with Crippen molar-refractivity contribution in [3.8, 4) is 11.5 Å². The van der Waals surface area contributed by atoms with Crippen molar-refractivity contribution in [1.82, 2.24) is 0 Å². The van der Waals surface area contributed by atoms with E-state index in [0.29, 0.717) is 6.79 Å². The van der Waals surface area contributed by atoms with Gasteiger partial charge in [-0.2, -0.15) is 0 Å². The number of rotatable bonds is 3. The van der Waals surface area contributed by atoms with Gasteiger partial charge in [0.25, 0.3) is 0 Å². The highest BCUT2D eigenvalue weighted by atomic mass is 16.7. The molecule has 1 heterocycles. The van der Waals surface area contributed by atoms with Crippen LogP contribution in [0.5, 0.6) is 11.5 Å². The number of hydrogen-bond acceptors (Lipinski definition) is 3. The van der Waals surface area contributed by atoms with Crippen LogP contribution in [0, 0.1) is 13.8 Å². The zero-order valence-corrected chi connectivity index (χ0v) is 12.1. The molecule has 0 saturated heterocycles. The molecular formula is C17H19NO2. The molecule has 0 saturated carbocycles. The monoisotopic (exact) mass is 269 g/mol. The summed E-state index contributed by atoms with van der Waals surface area (Å²) in [5, 5.41) is 3.52. The molecule has 1 aliphatic rings. The van der Waals surface area contributed by atoms with Crippen LogP contribution in [-0.2, 0) is 0 Å². The Hall–Kier alpha value is -2.16.